The summed E-state index contributed by atoms with van der Waals surface area (Å²) in [5.74, 6) is 1.72. The van der Waals surface area contributed by atoms with Gasteiger partial charge in [-0.1, -0.05) is 11.6 Å². The minimum Gasteiger partial charge on any atom is -0.293 e. The number of rotatable bonds is 3. The zero-order chi connectivity index (χ0) is 11.4. The second-order valence-electron chi connectivity index (χ2n) is 3.28. The van der Waals surface area contributed by atoms with Crippen molar-refractivity contribution in [3.05, 3.63) is 34.9 Å². The van der Waals surface area contributed by atoms with Crippen LogP contribution in [0.3, 0.4) is 0 Å². The van der Waals surface area contributed by atoms with Crippen LogP contribution in [0.1, 0.15) is 10.4 Å². The highest BCUT2D eigenvalue weighted by atomic mass is 35.5. The van der Waals surface area contributed by atoms with Crippen LogP contribution in [0.2, 0.25) is 5.02 Å². The first-order valence-corrected chi connectivity index (χ1v) is 7.26. The van der Waals surface area contributed by atoms with Crippen molar-refractivity contribution < 1.29 is 9.79 Å². The summed E-state index contributed by atoms with van der Waals surface area (Å²) in [5.41, 5.74) is 0.723. The third-order valence-electron chi connectivity index (χ3n) is 2.11. The lowest BCUT2D eigenvalue weighted by molar-refractivity contribution is -0.441. The molecule has 0 spiro atoms. The van der Waals surface area contributed by atoms with Gasteiger partial charge in [-0.3, -0.25) is 4.79 Å². The van der Waals surface area contributed by atoms with E-state index in [9.17, 15) is 4.79 Å². The molecule has 1 aromatic rings. The number of halogens is 1. The van der Waals surface area contributed by atoms with Gasteiger partial charge in [0.1, 0.15) is 0 Å². The Morgan fingerprint density at radius 1 is 1.44 bits per heavy atom. The Morgan fingerprint density at radius 2 is 2.19 bits per heavy atom. The van der Waals surface area contributed by atoms with Gasteiger partial charge < -0.3 is 0 Å². The van der Waals surface area contributed by atoms with Crippen LogP contribution in [0.15, 0.2) is 24.3 Å². The second kappa shape index (κ2) is 5.75. The molecule has 0 saturated carbocycles. The molecule has 0 aliphatic carbocycles. The van der Waals surface area contributed by atoms with E-state index in [4.69, 9.17) is 11.6 Å². The molecule has 1 heterocycles. The molecule has 2 nitrogen and oxygen atoms in total. The Balaban J connectivity index is 1.90. The van der Waals surface area contributed by atoms with E-state index in [1.54, 1.807) is 47.8 Å². The van der Waals surface area contributed by atoms with Crippen LogP contribution in [0.5, 0.6) is 0 Å². The van der Waals surface area contributed by atoms with Crippen LogP contribution in [-0.4, -0.2) is 28.2 Å². The Kier molecular flexibility index (Phi) is 4.32. The van der Waals surface area contributed by atoms with Gasteiger partial charge in [0.2, 0.25) is 0 Å². The van der Waals surface area contributed by atoms with Gasteiger partial charge in [-0.15, -0.1) is 0 Å². The average Bonchev–Trinajstić information content (AvgIpc) is 2.80. The van der Waals surface area contributed by atoms with Crippen LogP contribution >= 0.6 is 35.1 Å². The predicted octanol–water partition coefficient (Wildman–Crippen LogP) is 1.44. The summed E-state index contributed by atoms with van der Waals surface area (Å²) in [6, 6.07) is 7.03. The molecular weight excluding hydrogens is 262 g/mol. The second-order valence-corrected chi connectivity index (χ2v) is 6.07. The SMILES string of the molecule is O=C(CSC1=[NH+]CCS1)c1ccc(Cl)cc1. The maximum absolute atomic E-state index is 11.8. The first-order valence-electron chi connectivity index (χ1n) is 4.91. The summed E-state index contributed by atoms with van der Waals surface area (Å²) in [6.45, 7) is 1.00. The summed E-state index contributed by atoms with van der Waals surface area (Å²) in [7, 11) is 0. The van der Waals surface area contributed by atoms with Gasteiger partial charge in [-0.25, -0.2) is 4.99 Å². The first kappa shape index (κ1) is 12.0. The number of thioether (sulfide) groups is 2. The summed E-state index contributed by atoms with van der Waals surface area (Å²) in [4.78, 5) is 15.0. The number of carbonyl (C=O) groups is 1. The molecule has 0 aromatic heterocycles. The smallest absolute Gasteiger partial charge is 0.269 e. The summed E-state index contributed by atoms with van der Waals surface area (Å²) < 4.78 is 1.15. The van der Waals surface area contributed by atoms with Crippen molar-refractivity contribution >= 4 is 45.3 Å². The van der Waals surface area contributed by atoms with Crippen LogP contribution in [0.25, 0.3) is 0 Å². The highest BCUT2D eigenvalue weighted by Crippen LogP contribution is 2.17. The number of benzene rings is 1. The Morgan fingerprint density at radius 3 is 2.81 bits per heavy atom. The van der Waals surface area contributed by atoms with Crippen molar-refractivity contribution in [3.63, 3.8) is 0 Å². The van der Waals surface area contributed by atoms with Gasteiger partial charge in [-0.2, -0.15) is 0 Å². The fourth-order valence-electron chi connectivity index (χ4n) is 1.29. The molecule has 2 rings (SSSR count). The molecule has 84 valence electrons. The van der Waals surface area contributed by atoms with Gasteiger partial charge in [-0.05, 0) is 47.8 Å². The van der Waals surface area contributed by atoms with Crippen molar-refractivity contribution in [2.45, 2.75) is 0 Å². The van der Waals surface area contributed by atoms with E-state index in [1.165, 1.54) is 0 Å². The minimum absolute atomic E-state index is 0.142. The largest absolute Gasteiger partial charge is 0.293 e. The molecule has 0 fully saturated rings. The summed E-state index contributed by atoms with van der Waals surface area (Å²) >= 11 is 9.12. The highest BCUT2D eigenvalue weighted by Gasteiger charge is 2.16. The van der Waals surface area contributed by atoms with Crippen molar-refractivity contribution in [1.82, 2.24) is 0 Å². The van der Waals surface area contributed by atoms with Crippen molar-refractivity contribution in [3.8, 4) is 0 Å². The minimum atomic E-state index is 0.142. The van der Waals surface area contributed by atoms with Crippen molar-refractivity contribution in [2.75, 3.05) is 18.1 Å². The number of carbonyl (C=O) groups excluding carboxylic acids is 1. The molecule has 0 amide bonds. The third-order valence-corrected chi connectivity index (χ3v) is 4.69. The molecular formula is C11H11ClNOS2+. The van der Waals surface area contributed by atoms with E-state index in [1.807, 2.05) is 0 Å². The lowest BCUT2D eigenvalue weighted by Gasteiger charge is -1.98. The fraction of sp³-hybridized carbons (Fsp3) is 0.273. The maximum atomic E-state index is 11.8. The van der Waals surface area contributed by atoms with Crippen LogP contribution in [-0.2, 0) is 0 Å². The average molecular weight is 273 g/mol. The van der Waals surface area contributed by atoms with Crippen LogP contribution < -0.4 is 4.99 Å². The summed E-state index contributed by atoms with van der Waals surface area (Å²) in [6.07, 6.45) is 0. The molecule has 1 aliphatic rings. The number of hydrogen-bond acceptors (Lipinski definition) is 3. The lowest BCUT2D eigenvalue weighted by Crippen LogP contribution is -2.68. The number of hydrogen-bond donors (Lipinski definition) is 1. The Hall–Kier alpha value is -0.450. The van der Waals surface area contributed by atoms with Gasteiger partial charge in [0.05, 0.1) is 11.5 Å². The molecule has 0 bridgehead atoms. The van der Waals surface area contributed by atoms with Crippen molar-refractivity contribution in [1.29, 1.82) is 0 Å². The Labute approximate surface area is 108 Å². The fourth-order valence-corrected chi connectivity index (χ4v) is 3.40. The van der Waals surface area contributed by atoms with Crippen LogP contribution in [0.4, 0.5) is 0 Å². The topological polar surface area (TPSA) is 31.0 Å². The quantitative estimate of drug-likeness (QED) is 0.845. The van der Waals surface area contributed by atoms with Gasteiger partial charge in [0, 0.05) is 10.6 Å². The van der Waals surface area contributed by atoms with E-state index < -0.39 is 0 Å². The lowest BCUT2D eigenvalue weighted by atomic mass is 10.1. The molecule has 0 atom stereocenters. The Bertz CT molecular complexity index is 416. The first-order chi connectivity index (χ1) is 7.75. The molecule has 1 aliphatic heterocycles. The van der Waals surface area contributed by atoms with E-state index in [2.05, 4.69) is 4.99 Å². The number of nitrogens with one attached hydrogen (secondary N) is 1. The molecule has 0 saturated heterocycles. The highest BCUT2D eigenvalue weighted by molar-refractivity contribution is 8.38. The molecule has 16 heavy (non-hydrogen) atoms. The zero-order valence-electron chi connectivity index (χ0n) is 8.53. The monoisotopic (exact) mass is 272 g/mol. The van der Waals surface area contributed by atoms with E-state index in [-0.39, 0.29) is 5.78 Å². The molecule has 1 aromatic carbocycles. The molecule has 5 heteroatoms. The van der Waals surface area contributed by atoms with Crippen molar-refractivity contribution in [2.24, 2.45) is 0 Å². The van der Waals surface area contributed by atoms with E-state index in [0.29, 0.717) is 10.8 Å². The van der Waals surface area contributed by atoms with E-state index in [0.717, 1.165) is 22.2 Å². The predicted molar refractivity (Wildman–Crippen MR) is 71.5 cm³/mol. The third kappa shape index (κ3) is 3.27. The van der Waals surface area contributed by atoms with Gasteiger partial charge in [0.25, 0.3) is 4.38 Å². The molecule has 0 unspecified atom stereocenters. The standard InChI is InChI=1S/C11H10ClNOS2/c12-9-3-1-8(2-4-9)10(14)7-16-11-13-5-6-15-11/h1-4H,5-7H2/p+1. The zero-order valence-corrected chi connectivity index (χ0v) is 10.9. The normalized spacial score (nSPS) is 14.9. The van der Waals surface area contributed by atoms with Gasteiger partial charge >= 0.3 is 0 Å². The maximum Gasteiger partial charge on any atom is 0.269 e. The number of ketones is 1. The molecule has 0 radical (unpaired) electrons. The molecule has 1 N–H and O–H groups in total. The van der Waals surface area contributed by atoms with Gasteiger partial charge in [0.15, 0.2) is 12.3 Å². The van der Waals surface area contributed by atoms with E-state index >= 15 is 0 Å². The summed E-state index contributed by atoms with van der Waals surface area (Å²) in [5, 5.41) is 0.659. The number of Topliss-reactive ketones (excluding diaryl/α,β-unsaturated/α-hetero) is 1. The van der Waals surface area contributed by atoms with Crippen LogP contribution in [0, 0.1) is 0 Å².